The fourth-order valence-corrected chi connectivity index (χ4v) is 2.85. The molecule has 0 aliphatic heterocycles. The first-order valence-corrected chi connectivity index (χ1v) is 6.92. The number of aliphatic carboxylic acids is 1. The topological polar surface area (TPSA) is 66.4 Å². The summed E-state index contributed by atoms with van der Waals surface area (Å²) in [5.41, 5.74) is -0.804. The lowest BCUT2D eigenvalue weighted by Gasteiger charge is -2.37. The maximum atomic E-state index is 12.4. The summed E-state index contributed by atoms with van der Waals surface area (Å²) < 4.78 is 37.1. The van der Waals surface area contributed by atoms with Gasteiger partial charge in [-0.15, -0.1) is 0 Å². The summed E-state index contributed by atoms with van der Waals surface area (Å²) in [6.07, 6.45) is -4.31. The fraction of sp³-hybridized carbons (Fsp3) is 0.467. The normalized spacial score (nSPS) is 25.5. The lowest BCUT2D eigenvalue weighted by molar-refractivity contribution is -0.178. The number of rotatable bonds is 3. The number of carboxylic acid groups (broad SMARTS) is 1. The Morgan fingerprint density at radius 1 is 1.14 bits per heavy atom. The van der Waals surface area contributed by atoms with E-state index in [9.17, 15) is 27.9 Å². The third kappa shape index (κ3) is 3.40. The van der Waals surface area contributed by atoms with Crippen LogP contribution in [0.2, 0.25) is 0 Å². The Kier molecular flexibility index (Phi) is 4.44. The van der Waals surface area contributed by atoms with Crippen LogP contribution in [0.4, 0.5) is 13.2 Å². The molecule has 4 nitrogen and oxygen atoms in total. The molecule has 0 bridgehead atoms. The number of hydrogen-bond acceptors (Lipinski definition) is 2. The summed E-state index contributed by atoms with van der Waals surface area (Å²) in [7, 11) is 0. The van der Waals surface area contributed by atoms with Crippen molar-refractivity contribution in [2.24, 2.45) is 0 Å². The average molecular weight is 315 g/mol. The minimum absolute atomic E-state index is 0.0241. The van der Waals surface area contributed by atoms with Crippen LogP contribution in [0, 0.1) is 0 Å². The van der Waals surface area contributed by atoms with Gasteiger partial charge in [0.25, 0.3) is 0 Å². The van der Waals surface area contributed by atoms with E-state index in [0.717, 1.165) is 5.56 Å². The molecular weight excluding hydrogens is 299 g/mol. The lowest BCUT2D eigenvalue weighted by Crippen LogP contribution is -2.59. The van der Waals surface area contributed by atoms with Crippen molar-refractivity contribution in [1.29, 1.82) is 0 Å². The number of benzene rings is 1. The van der Waals surface area contributed by atoms with Gasteiger partial charge >= 0.3 is 18.1 Å². The molecule has 1 amide bonds. The van der Waals surface area contributed by atoms with Crippen LogP contribution in [0.25, 0.3) is 0 Å². The Balaban J connectivity index is 2.10. The second-order valence-corrected chi connectivity index (χ2v) is 5.52. The number of carbonyl (C=O) groups is 2. The van der Waals surface area contributed by atoms with Crippen molar-refractivity contribution in [2.75, 3.05) is 0 Å². The number of carbonyl (C=O) groups excluding carboxylic acids is 1. The first kappa shape index (κ1) is 16.3. The van der Waals surface area contributed by atoms with Crippen molar-refractivity contribution in [3.8, 4) is 0 Å². The van der Waals surface area contributed by atoms with Gasteiger partial charge in [-0.2, -0.15) is 13.2 Å². The molecule has 0 radical (unpaired) electrons. The monoisotopic (exact) mass is 315 g/mol. The summed E-state index contributed by atoms with van der Waals surface area (Å²) in [4.78, 5) is 22.5. The number of amides is 1. The lowest BCUT2D eigenvalue weighted by atomic mass is 9.74. The van der Waals surface area contributed by atoms with Crippen LogP contribution in [0.5, 0.6) is 0 Å². The van der Waals surface area contributed by atoms with Crippen molar-refractivity contribution in [3.05, 3.63) is 35.9 Å². The van der Waals surface area contributed by atoms with Gasteiger partial charge in [0.05, 0.1) is 0 Å². The van der Waals surface area contributed by atoms with Gasteiger partial charge in [0.15, 0.2) is 0 Å². The van der Waals surface area contributed by atoms with E-state index >= 15 is 0 Å². The van der Waals surface area contributed by atoms with E-state index in [0.29, 0.717) is 12.8 Å². The van der Waals surface area contributed by atoms with Gasteiger partial charge < -0.3 is 10.4 Å². The van der Waals surface area contributed by atoms with Gasteiger partial charge in [0.1, 0.15) is 5.54 Å². The SMILES string of the molecule is O=C(NC1(C(=O)O)CCC(c2ccccc2)CC1)C(F)(F)F. The third-order valence-corrected chi connectivity index (χ3v) is 4.13. The minimum atomic E-state index is -5.08. The molecule has 1 aliphatic carbocycles. The van der Waals surface area contributed by atoms with Gasteiger partial charge in [-0.25, -0.2) is 4.79 Å². The Morgan fingerprint density at radius 3 is 2.14 bits per heavy atom. The molecule has 0 unspecified atom stereocenters. The fourth-order valence-electron chi connectivity index (χ4n) is 2.85. The molecule has 1 aromatic rings. The van der Waals surface area contributed by atoms with Crippen molar-refractivity contribution >= 4 is 11.9 Å². The largest absolute Gasteiger partial charge is 0.480 e. The van der Waals surface area contributed by atoms with E-state index in [1.165, 1.54) is 0 Å². The molecule has 2 N–H and O–H groups in total. The van der Waals surface area contributed by atoms with E-state index in [1.807, 2.05) is 30.3 Å². The smallest absolute Gasteiger partial charge is 0.471 e. The van der Waals surface area contributed by atoms with Gasteiger partial charge in [-0.1, -0.05) is 30.3 Å². The number of carboxylic acids is 1. The van der Waals surface area contributed by atoms with E-state index in [1.54, 1.807) is 5.32 Å². The second kappa shape index (κ2) is 5.98. The molecule has 22 heavy (non-hydrogen) atoms. The molecule has 1 saturated carbocycles. The molecule has 0 atom stereocenters. The first-order valence-electron chi connectivity index (χ1n) is 6.92. The maximum Gasteiger partial charge on any atom is 0.471 e. The molecule has 0 saturated heterocycles. The summed E-state index contributed by atoms with van der Waals surface area (Å²) in [5, 5.41) is 11.0. The third-order valence-electron chi connectivity index (χ3n) is 4.13. The Hall–Kier alpha value is -2.05. The number of nitrogens with one attached hydrogen (secondary N) is 1. The number of alkyl halides is 3. The average Bonchev–Trinajstić information content (AvgIpc) is 2.47. The van der Waals surface area contributed by atoms with Gasteiger partial charge in [-0.3, -0.25) is 4.79 Å². The summed E-state index contributed by atoms with van der Waals surface area (Å²) in [5.74, 6) is -3.53. The van der Waals surface area contributed by atoms with E-state index in [2.05, 4.69) is 0 Å². The van der Waals surface area contributed by atoms with Gasteiger partial charge in [0.2, 0.25) is 0 Å². The highest BCUT2D eigenvalue weighted by Gasteiger charge is 2.49. The number of hydrogen-bond donors (Lipinski definition) is 2. The van der Waals surface area contributed by atoms with Crippen LogP contribution in [0.1, 0.15) is 37.2 Å². The molecular formula is C15H16F3NO3. The predicted molar refractivity (Wildman–Crippen MR) is 72.2 cm³/mol. The van der Waals surface area contributed by atoms with Crippen LogP contribution < -0.4 is 5.32 Å². The molecule has 0 aromatic heterocycles. The quantitative estimate of drug-likeness (QED) is 0.901. The van der Waals surface area contributed by atoms with Gasteiger partial charge in [-0.05, 0) is 37.2 Å². The predicted octanol–water partition coefficient (Wildman–Crippen LogP) is 2.85. The standard InChI is InChI=1S/C15H16F3NO3/c16-15(17,18)12(20)19-14(13(21)22)8-6-11(7-9-14)10-4-2-1-3-5-10/h1-5,11H,6-9H2,(H,19,20)(H,21,22). The van der Waals surface area contributed by atoms with E-state index in [-0.39, 0.29) is 18.8 Å². The van der Waals surface area contributed by atoms with Crippen LogP contribution in [-0.2, 0) is 9.59 Å². The maximum absolute atomic E-state index is 12.4. The van der Waals surface area contributed by atoms with Crippen molar-refractivity contribution in [3.63, 3.8) is 0 Å². The Labute approximate surface area is 125 Å². The van der Waals surface area contributed by atoms with Crippen molar-refractivity contribution in [2.45, 2.75) is 43.3 Å². The summed E-state index contributed by atoms with van der Waals surface area (Å²) in [6.45, 7) is 0. The van der Waals surface area contributed by atoms with E-state index in [4.69, 9.17) is 0 Å². The number of halogens is 3. The molecule has 7 heteroatoms. The van der Waals surface area contributed by atoms with Crippen molar-refractivity contribution < 1.29 is 27.9 Å². The summed E-state index contributed by atoms with van der Waals surface area (Å²) in [6, 6.07) is 9.40. The molecule has 1 fully saturated rings. The highest BCUT2D eigenvalue weighted by Crippen LogP contribution is 2.38. The van der Waals surface area contributed by atoms with Crippen LogP contribution >= 0.6 is 0 Å². The van der Waals surface area contributed by atoms with Crippen LogP contribution in [-0.4, -0.2) is 28.7 Å². The van der Waals surface area contributed by atoms with Crippen LogP contribution in [0.15, 0.2) is 30.3 Å². The summed E-state index contributed by atoms with van der Waals surface area (Å²) >= 11 is 0. The zero-order chi connectivity index (χ0) is 16.4. The molecule has 2 rings (SSSR count). The van der Waals surface area contributed by atoms with Crippen molar-refractivity contribution in [1.82, 2.24) is 5.32 Å². The zero-order valence-corrected chi connectivity index (χ0v) is 11.7. The molecule has 0 heterocycles. The molecule has 1 aromatic carbocycles. The molecule has 1 aliphatic rings. The second-order valence-electron chi connectivity index (χ2n) is 5.52. The molecule has 0 spiro atoms. The Bertz CT molecular complexity index is 549. The van der Waals surface area contributed by atoms with Gasteiger partial charge in [0, 0.05) is 0 Å². The highest BCUT2D eigenvalue weighted by atomic mass is 19.4. The van der Waals surface area contributed by atoms with Crippen LogP contribution in [0.3, 0.4) is 0 Å². The zero-order valence-electron chi connectivity index (χ0n) is 11.7. The van der Waals surface area contributed by atoms with E-state index < -0.39 is 23.6 Å². The highest BCUT2D eigenvalue weighted by molar-refractivity contribution is 5.89. The Morgan fingerprint density at radius 2 is 1.68 bits per heavy atom. The first-order chi connectivity index (χ1) is 10.2. The molecule has 120 valence electrons. The minimum Gasteiger partial charge on any atom is -0.480 e.